The maximum Gasteiger partial charge on any atom is 0.341 e. The number of halogens is 1. The molecule has 0 amide bonds. The number of hydroxylamine groups is 1. The molecule has 9 nitrogen and oxygen atoms in total. The van der Waals surface area contributed by atoms with Crippen LogP contribution in [0.2, 0.25) is 0 Å². The molecule has 1 aliphatic carbocycles. The zero-order valence-corrected chi connectivity index (χ0v) is 16.8. The van der Waals surface area contributed by atoms with Crippen LogP contribution in [0.1, 0.15) is 43.1 Å². The summed E-state index contributed by atoms with van der Waals surface area (Å²) in [6.45, 7) is 4.89. The zero-order chi connectivity index (χ0) is 21.6. The van der Waals surface area contributed by atoms with Gasteiger partial charge >= 0.3 is 5.97 Å². The highest BCUT2D eigenvalue weighted by atomic mass is 19.1. The second kappa shape index (κ2) is 7.37. The molecule has 0 saturated heterocycles. The van der Waals surface area contributed by atoms with Crippen LogP contribution in [0.5, 0.6) is 0 Å². The molecule has 0 radical (unpaired) electrons. The van der Waals surface area contributed by atoms with Crippen molar-refractivity contribution in [2.45, 2.75) is 32.7 Å². The summed E-state index contributed by atoms with van der Waals surface area (Å²) in [5.74, 6) is -2.00. The number of nitrogens with one attached hydrogen (secondary N) is 1. The number of anilines is 1. The number of carboxylic acids is 1. The number of hydrogen-bond donors (Lipinski definition) is 3. The topological polar surface area (TPSA) is 123 Å². The second-order valence-corrected chi connectivity index (χ2v) is 7.95. The number of aromatic carboxylic acids is 1. The van der Waals surface area contributed by atoms with Crippen molar-refractivity contribution >= 4 is 22.8 Å². The smallest absolute Gasteiger partial charge is 0.341 e. The fourth-order valence-corrected chi connectivity index (χ4v) is 3.65. The van der Waals surface area contributed by atoms with E-state index in [1.165, 1.54) is 6.20 Å². The first kappa shape index (κ1) is 20.3. The fourth-order valence-electron chi connectivity index (χ4n) is 3.65. The molecule has 1 unspecified atom stereocenters. The molecule has 3 heterocycles. The van der Waals surface area contributed by atoms with Gasteiger partial charge in [-0.2, -0.15) is 0 Å². The maximum absolute atomic E-state index is 15.1. The molecule has 4 rings (SSSR count). The van der Waals surface area contributed by atoms with E-state index in [0.717, 1.165) is 18.9 Å². The van der Waals surface area contributed by atoms with Gasteiger partial charge < -0.3 is 20.3 Å². The van der Waals surface area contributed by atoms with Crippen LogP contribution in [-0.4, -0.2) is 40.3 Å². The molecule has 10 heteroatoms. The molecule has 160 valence electrons. The van der Waals surface area contributed by atoms with Crippen molar-refractivity contribution in [1.82, 2.24) is 15.0 Å². The number of nitrogens with zero attached hydrogens (tertiary/aromatic N) is 3. The molecule has 0 spiro atoms. The molecule has 0 aromatic carbocycles. The van der Waals surface area contributed by atoms with Crippen LogP contribution < -0.4 is 21.5 Å². The molecule has 1 fully saturated rings. The molecular formula is C20H24FN5O4. The van der Waals surface area contributed by atoms with Crippen molar-refractivity contribution in [3.8, 4) is 0 Å². The normalized spacial score (nSPS) is 21.2. The van der Waals surface area contributed by atoms with Gasteiger partial charge in [-0.25, -0.2) is 14.2 Å². The average Bonchev–Trinajstić information content (AvgIpc) is 3.50. The number of carbonyl (C=O) groups is 1. The maximum atomic E-state index is 15.1. The van der Waals surface area contributed by atoms with Gasteiger partial charge in [0.1, 0.15) is 11.2 Å². The minimum atomic E-state index is -1.34. The largest absolute Gasteiger partial charge is 0.477 e. The molecular weight excluding hydrogens is 393 g/mol. The number of rotatable bonds is 7. The summed E-state index contributed by atoms with van der Waals surface area (Å²) < 4.78 is 16.7. The van der Waals surface area contributed by atoms with Gasteiger partial charge in [-0.3, -0.25) is 15.1 Å². The van der Waals surface area contributed by atoms with E-state index < -0.39 is 22.6 Å². The lowest BCUT2D eigenvalue weighted by molar-refractivity contribution is 0.0602. The van der Waals surface area contributed by atoms with Gasteiger partial charge in [0.05, 0.1) is 17.7 Å². The Bertz CT molecular complexity index is 1110. The summed E-state index contributed by atoms with van der Waals surface area (Å²) in [6.07, 6.45) is 4.71. The van der Waals surface area contributed by atoms with Crippen molar-refractivity contribution in [3.05, 3.63) is 45.8 Å². The number of pyridine rings is 2. The molecule has 2 aromatic heterocycles. The van der Waals surface area contributed by atoms with Crippen LogP contribution in [0.25, 0.3) is 11.0 Å². The molecule has 1 aliphatic heterocycles. The number of hydrogen-bond acceptors (Lipinski definition) is 7. The highest BCUT2D eigenvalue weighted by Crippen LogP contribution is 2.39. The van der Waals surface area contributed by atoms with Crippen molar-refractivity contribution in [1.29, 1.82) is 0 Å². The summed E-state index contributed by atoms with van der Waals surface area (Å²) in [7, 11) is 0. The van der Waals surface area contributed by atoms with Crippen molar-refractivity contribution in [2.24, 2.45) is 11.1 Å². The molecule has 1 saturated carbocycles. The van der Waals surface area contributed by atoms with Gasteiger partial charge in [-0.15, -0.1) is 0 Å². The lowest BCUT2D eigenvalue weighted by Gasteiger charge is -2.27. The number of aromatic nitrogens is 2. The lowest BCUT2D eigenvalue weighted by atomic mass is 9.89. The summed E-state index contributed by atoms with van der Waals surface area (Å²) in [5, 5.41) is 9.32. The zero-order valence-electron chi connectivity index (χ0n) is 16.8. The fraction of sp³-hybridized carbons (Fsp3) is 0.450. The first-order valence-electron chi connectivity index (χ1n) is 9.84. The summed E-state index contributed by atoms with van der Waals surface area (Å²) >= 11 is 0. The van der Waals surface area contributed by atoms with Crippen LogP contribution in [0.3, 0.4) is 0 Å². The van der Waals surface area contributed by atoms with Crippen LogP contribution in [-0.2, 0) is 4.84 Å². The van der Waals surface area contributed by atoms with E-state index >= 15 is 4.39 Å². The Kier molecular flexibility index (Phi) is 4.99. The Hall–Kier alpha value is -2.98. The highest BCUT2D eigenvalue weighted by Gasteiger charge is 2.38. The third kappa shape index (κ3) is 3.31. The van der Waals surface area contributed by atoms with Crippen molar-refractivity contribution < 1.29 is 19.1 Å². The quantitative estimate of drug-likeness (QED) is 0.582. The number of carboxylic acid groups (broad SMARTS) is 1. The Morgan fingerprint density at radius 2 is 2.23 bits per heavy atom. The number of fused-ring (bicyclic) bond motifs is 1. The summed E-state index contributed by atoms with van der Waals surface area (Å²) in [4.78, 5) is 35.5. The molecule has 0 bridgehead atoms. The SMILES string of the molecule is CCONC1=CN(c2nc3c(cc2F)c(=O)c(C(=O)O)cn3C2CC2)CC1(C)CN. The van der Waals surface area contributed by atoms with Gasteiger partial charge in [0, 0.05) is 36.9 Å². The standard InChI is InChI=1S/C20H24FN5O4/c1-3-30-24-15-8-25(10-20(15,2)9-22)18-14(21)6-12-16(27)13(19(28)29)7-26(11-4-5-11)17(12)23-18/h6-8,11,24H,3-5,9-10,22H2,1-2H3,(H,28,29). The third-order valence-corrected chi connectivity index (χ3v) is 5.61. The van der Waals surface area contributed by atoms with E-state index in [9.17, 15) is 14.7 Å². The van der Waals surface area contributed by atoms with Crippen molar-refractivity contribution in [2.75, 3.05) is 24.6 Å². The van der Waals surface area contributed by atoms with E-state index in [1.54, 1.807) is 15.7 Å². The molecule has 4 N–H and O–H groups in total. The van der Waals surface area contributed by atoms with Gasteiger partial charge in [0.15, 0.2) is 11.6 Å². The third-order valence-electron chi connectivity index (χ3n) is 5.61. The van der Waals surface area contributed by atoms with Crippen LogP contribution >= 0.6 is 0 Å². The van der Waals surface area contributed by atoms with Gasteiger partial charge in [-0.05, 0) is 25.8 Å². The molecule has 2 aromatic rings. The lowest BCUT2D eigenvalue weighted by Crippen LogP contribution is -2.38. The Labute approximate surface area is 171 Å². The van der Waals surface area contributed by atoms with Crippen molar-refractivity contribution in [3.63, 3.8) is 0 Å². The van der Waals surface area contributed by atoms with E-state index in [0.29, 0.717) is 25.4 Å². The predicted octanol–water partition coefficient (Wildman–Crippen LogP) is 1.74. The molecule has 1 atom stereocenters. The van der Waals surface area contributed by atoms with Crippen LogP contribution in [0.4, 0.5) is 10.2 Å². The van der Waals surface area contributed by atoms with Crippen LogP contribution in [0, 0.1) is 11.2 Å². The second-order valence-electron chi connectivity index (χ2n) is 7.95. The summed E-state index contributed by atoms with van der Waals surface area (Å²) in [6, 6.07) is 1.13. The average molecular weight is 417 g/mol. The Balaban J connectivity index is 1.85. The Morgan fingerprint density at radius 3 is 2.83 bits per heavy atom. The first-order chi connectivity index (χ1) is 14.3. The minimum absolute atomic E-state index is 0.0412. The first-order valence-corrected chi connectivity index (χ1v) is 9.84. The summed E-state index contributed by atoms with van der Waals surface area (Å²) in [5.41, 5.74) is 8.18. The van der Waals surface area contributed by atoms with E-state index in [-0.39, 0.29) is 28.5 Å². The van der Waals surface area contributed by atoms with Gasteiger partial charge in [0.2, 0.25) is 5.43 Å². The van der Waals surface area contributed by atoms with E-state index in [1.807, 2.05) is 13.8 Å². The van der Waals surface area contributed by atoms with E-state index in [4.69, 9.17) is 10.6 Å². The predicted molar refractivity (Wildman–Crippen MR) is 109 cm³/mol. The monoisotopic (exact) mass is 417 g/mol. The highest BCUT2D eigenvalue weighted by molar-refractivity contribution is 5.92. The van der Waals surface area contributed by atoms with Gasteiger partial charge in [-0.1, -0.05) is 6.92 Å². The van der Waals surface area contributed by atoms with Crippen LogP contribution in [0.15, 0.2) is 29.0 Å². The Morgan fingerprint density at radius 1 is 1.50 bits per heavy atom. The molecule has 30 heavy (non-hydrogen) atoms. The number of nitrogens with two attached hydrogens (primary N) is 1. The van der Waals surface area contributed by atoms with E-state index in [2.05, 4.69) is 10.5 Å². The molecule has 2 aliphatic rings. The minimum Gasteiger partial charge on any atom is -0.477 e. The van der Waals surface area contributed by atoms with Gasteiger partial charge in [0.25, 0.3) is 0 Å².